The lowest BCUT2D eigenvalue weighted by Gasteiger charge is -2.26. The highest BCUT2D eigenvalue weighted by Crippen LogP contribution is 2.22. The van der Waals surface area contributed by atoms with Crippen LogP contribution in [0.4, 0.5) is 4.39 Å². The van der Waals surface area contributed by atoms with Gasteiger partial charge in [-0.15, -0.1) is 0 Å². The number of carbonyl (C=O) groups excluding carboxylic acids is 1. The first-order valence-electron chi connectivity index (χ1n) is 6.43. The molecule has 116 valence electrons. The maximum absolute atomic E-state index is 13.9. The van der Waals surface area contributed by atoms with Crippen molar-refractivity contribution < 1.29 is 22.3 Å². The Labute approximate surface area is 123 Å². The van der Waals surface area contributed by atoms with Crippen LogP contribution in [0.3, 0.4) is 0 Å². The van der Waals surface area contributed by atoms with Gasteiger partial charge in [0, 0.05) is 32.7 Å². The number of sulfonamides is 1. The fourth-order valence-corrected chi connectivity index (χ4v) is 3.52. The van der Waals surface area contributed by atoms with Crippen LogP contribution in [0.1, 0.15) is 10.4 Å². The molecule has 1 aromatic rings. The number of amides is 1. The van der Waals surface area contributed by atoms with Crippen LogP contribution in [0, 0.1) is 5.82 Å². The lowest BCUT2D eigenvalue weighted by atomic mass is 10.2. The highest BCUT2D eigenvalue weighted by Gasteiger charge is 2.29. The van der Waals surface area contributed by atoms with Crippen LogP contribution >= 0.6 is 0 Å². The van der Waals surface area contributed by atoms with Crippen molar-refractivity contribution in [2.24, 2.45) is 0 Å². The molecule has 1 heterocycles. The minimum absolute atomic E-state index is 0.133. The second-order valence-electron chi connectivity index (χ2n) is 4.86. The first kappa shape index (κ1) is 15.9. The topological polar surface area (TPSA) is 66.9 Å². The summed E-state index contributed by atoms with van der Waals surface area (Å²) >= 11 is 0. The Balaban J connectivity index is 2.42. The van der Waals surface area contributed by atoms with Gasteiger partial charge in [-0.25, -0.2) is 12.8 Å². The second-order valence-corrected chi connectivity index (χ2v) is 6.77. The van der Waals surface area contributed by atoms with Gasteiger partial charge < -0.3 is 9.64 Å². The van der Waals surface area contributed by atoms with E-state index in [1.165, 1.54) is 15.3 Å². The Morgan fingerprint density at radius 2 is 1.90 bits per heavy atom. The molecule has 0 atom stereocenters. The third kappa shape index (κ3) is 3.22. The molecular weight excluding hydrogens is 299 g/mol. The van der Waals surface area contributed by atoms with E-state index in [0.29, 0.717) is 0 Å². The Bertz CT molecular complexity index is 640. The van der Waals surface area contributed by atoms with E-state index in [2.05, 4.69) is 0 Å². The van der Waals surface area contributed by atoms with Gasteiger partial charge in [0.2, 0.25) is 10.0 Å². The Morgan fingerprint density at radius 3 is 2.48 bits per heavy atom. The van der Waals surface area contributed by atoms with Crippen LogP contribution < -0.4 is 0 Å². The summed E-state index contributed by atoms with van der Waals surface area (Å²) in [6.07, 6.45) is 0. The monoisotopic (exact) mass is 316 g/mol. The van der Waals surface area contributed by atoms with Gasteiger partial charge in [0.1, 0.15) is 10.7 Å². The van der Waals surface area contributed by atoms with Crippen molar-refractivity contribution in [3.8, 4) is 0 Å². The fourth-order valence-electron chi connectivity index (χ4n) is 2.02. The van der Waals surface area contributed by atoms with E-state index < -0.39 is 20.7 Å². The second kappa shape index (κ2) is 6.08. The normalized spacial score (nSPS) is 16.7. The van der Waals surface area contributed by atoms with Gasteiger partial charge in [-0.1, -0.05) is 0 Å². The van der Waals surface area contributed by atoms with E-state index in [1.807, 2.05) is 0 Å². The van der Waals surface area contributed by atoms with E-state index in [1.54, 1.807) is 14.1 Å². The van der Waals surface area contributed by atoms with Crippen molar-refractivity contribution in [3.05, 3.63) is 29.6 Å². The van der Waals surface area contributed by atoms with Crippen LogP contribution in [0.5, 0.6) is 0 Å². The lowest BCUT2D eigenvalue weighted by Crippen LogP contribution is -2.41. The van der Waals surface area contributed by atoms with Crippen LogP contribution in [0.15, 0.2) is 23.1 Å². The van der Waals surface area contributed by atoms with Gasteiger partial charge in [0.05, 0.1) is 13.2 Å². The van der Waals surface area contributed by atoms with Crippen LogP contribution in [-0.2, 0) is 14.8 Å². The predicted octanol–water partition coefficient (Wildman–Crippen LogP) is 0.548. The summed E-state index contributed by atoms with van der Waals surface area (Å²) in [5.74, 6) is -1.25. The van der Waals surface area contributed by atoms with Gasteiger partial charge in [-0.05, 0) is 18.2 Å². The summed E-state index contributed by atoms with van der Waals surface area (Å²) < 4.78 is 45.1. The standard InChI is InChI=1S/C13H17FN2O4S/c1-15(2)13(17)10-3-4-11(14)12(9-10)21(18,19)16-5-7-20-8-6-16/h3-4,9H,5-8H2,1-2H3. The molecule has 0 bridgehead atoms. The van der Waals surface area contributed by atoms with Crippen molar-refractivity contribution >= 4 is 15.9 Å². The number of rotatable bonds is 3. The van der Waals surface area contributed by atoms with Gasteiger partial charge >= 0.3 is 0 Å². The van der Waals surface area contributed by atoms with E-state index in [-0.39, 0.29) is 37.8 Å². The quantitative estimate of drug-likeness (QED) is 0.817. The number of carbonyl (C=O) groups is 1. The first-order valence-corrected chi connectivity index (χ1v) is 7.87. The molecule has 1 amide bonds. The molecule has 2 rings (SSSR count). The molecule has 0 spiro atoms. The van der Waals surface area contributed by atoms with Gasteiger partial charge in [-0.3, -0.25) is 4.79 Å². The van der Waals surface area contributed by atoms with E-state index in [0.717, 1.165) is 12.1 Å². The number of hydrogen-bond donors (Lipinski definition) is 0. The predicted molar refractivity (Wildman–Crippen MR) is 74.0 cm³/mol. The number of benzene rings is 1. The number of morpholine rings is 1. The summed E-state index contributed by atoms with van der Waals surface area (Å²) in [6.45, 7) is 0.898. The Hall–Kier alpha value is -1.51. The molecule has 0 N–H and O–H groups in total. The van der Waals surface area contributed by atoms with Crippen LogP contribution in [-0.4, -0.2) is 63.9 Å². The van der Waals surface area contributed by atoms with E-state index >= 15 is 0 Å². The number of ether oxygens (including phenoxy) is 1. The Kier molecular flexibility index (Phi) is 4.60. The first-order chi connectivity index (χ1) is 9.84. The highest BCUT2D eigenvalue weighted by atomic mass is 32.2. The number of nitrogens with zero attached hydrogens (tertiary/aromatic N) is 2. The Morgan fingerprint density at radius 1 is 1.29 bits per heavy atom. The third-order valence-electron chi connectivity index (χ3n) is 3.17. The number of hydrogen-bond acceptors (Lipinski definition) is 4. The average molecular weight is 316 g/mol. The molecule has 21 heavy (non-hydrogen) atoms. The van der Waals surface area contributed by atoms with Crippen molar-refractivity contribution in [1.82, 2.24) is 9.21 Å². The van der Waals surface area contributed by atoms with Gasteiger partial charge in [0.15, 0.2) is 0 Å². The van der Waals surface area contributed by atoms with E-state index in [4.69, 9.17) is 4.74 Å². The van der Waals surface area contributed by atoms with Crippen molar-refractivity contribution in [1.29, 1.82) is 0 Å². The summed E-state index contributed by atoms with van der Waals surface area (Å²) in [6, 6.07) is 3.36. The lowest BCUT2D eigenvalue weighted by molar-refractivity contribution is 0.0729. The number of halogens is 1. The summed E-state index contributed by atoms with van der Waals surface area (Å²) in [4.78, 5) is 12.7. The SMILES string of the molecule is CN(C)C(=O)c1ccc(F)c(S(=O)(=O)N2CCOCC2)c1. The minimum Gasteiger partial charge on any atom is -0.379 e. The zero-order valence-corrected chi connectivity index (χ0v) is 12.7. The molecule has 1 fully saturated rings. The molecule has 0 radical (unpaired) electrons. The zero-order valence-electron chi connectivity index (χ0n) is 11.9. The maximum Gasteiger partial charge on any atom is 0.253 e. The molecule has 1 aromatic carbocycles. The molecule has 0 aliphatic carbocycles. The highest BCUT2D eigenvalue weighted by molar-refractivity contribution is 7.89. The summed E-state index contributed by atoms with van der Waals surface area (Å²) in [5, 5.41) is 0. The van der Waals surface area contributed by atoms with Crippen molar-refractivity contribution in [2.45, 2.75) is 4.90 Å². The molecule has 1 aliphatic rings. The summed E-state index contributed by atoms with van der Waals surface area (Å²) in [7, 11) is -0.880. The summed E-state index contributed by atoms with van der Waals surface area (Å²) in [5.41, 5.74) is 0.133. The van der Waals surface area contributed by atoms with Crippen LogP contribution in [0.25, 0.3) is 0 Å². The third-order valence-corrected chi connectivity index (χ3v) is 5.09. The average Bonchev–Trinajstić information content (AvgIpc) is 2.47. The molecule has 8 heteroatoms. The molecule has 0 unspecified atom stereocenters. The maximum atomic E-state index is 13.9. The molecule has 1 saturated heterocycles. The van der Waals surface area contributed by atoms with E-state index in [9.17, 15) is 17.6 Å². The zero-order chi connectivity index (χ0) is 15.6. The molecule has 0 saturated carbocycles. The molecule has 1 aliphatic heterocycles. The molecule has 0 aromatic heterocycles. The fraction of sp³-hybridized carbons (Fsp3) is 0.462. The van der Waals surface area contributed by atoms with Gasteiger partial charge in [0.25, 0.3) is 5.91 Å². The van der Waals surface area contributed by atoms with Crippen molar-refractivity contribution in [2.75, 3.05) is 40.4 Å². The van der Waals surface area contributed by atoms with Crippen LogP contribution in [0.2, 0.25) is 0 Å². The van der Waals surface area contributed by atoms with Gasteiger partial charge in [-0.2, -0.15) is 4.31 Å². The molecule has 6 nitrogen and oxygen atoms in total. The smallest absolute Gasteiger partial charge is 0.253 e. The minimum atomic E-state index is -3.97. The van der Waals surface area contributed by atoms with Crippen molar-refractivity contribution in [3.63, 3.8) is 0 Å². The largest absolute Gasteiger partial charge is 0.379 e. The molecular formula is C13H17FN2O4S.